The summed E-state index contributed by atoms with van der Waals surface area (Å²) < 4.78 is 5.55. The van der Waals surface area contributed by atoms with Gasteiger partial charge >= 0.3 is 0 Å². The number of hydrogen-bond donors (Lipinski definition) is 1. The fourth-order valence-corrected chi connectivity index (χ4v) is 2.00. The molecule has 1 aromatic rings. The van der Waals surface area contributed by atoms with Gasteiger partial charge in [0.25, 0.3) is 0 Å². The molecule has 0 spiro atoms. The molecule has 1 rings (SSSR count). The van der Waals surface area contributed by atoms with Crippen molar-refractivity contribution in [2.45, 2.75) is 46.6 Å². The van der Waals surface area contributed by atoms with E-state index in [2.05, 4.69) is 19.9 Å². The van der Waals surface area contributed by atoms with Gasteiger partial charge in [-0.1, -0.05) is 37.6 Å². The predicted molar refractivity (Wildman–Crippen MR) is 75.8 cm³/mol. The lowest BCUT2D eigenvalue weighted by Crippen LogP contribution is -2.10. The Morgan fingerprint density at radius 2 is 1.94 bits per heavy atom. The molecule has 1 N–H and O–H groups in total. The Labute approximate surface area is 111 Å². The molecule has 18 heavy (non-hydrogen) atoms. The Kier molecular flexibility index (Phi) is 6.37. The van der Waals surface area contributed by atoms with Gasteiger partial charge in [0.05, 0.1) is 6.61 Å². The molecular formula is C16H26O2. The number of ether oxygens (including phenoxy) is 1. The van der Waals surface area contributed by atoms with Gasteiger partial charge in [0, 0.05) is 6.61 Å². The molecule has 0 heterocycles. The van der Waals surface area contributed by atoms with E-state index in [1.165, 1.54) is 12.0 Å². The van der Waals surface area contributed by atoms with Crippen molar-refractivity contribution >= 4 is 0 Å². The normalized spacial score (nSPS) is 13.0. The molecule has 0 aliphatic heterocycles. The van der Waals surface area contributed by atoms with Crippen LogP contribution in [0.25, 0.3) is 0 Å². The van der Waals surface area contributed by atoms with Gasteiger partial charge in [-0.25, -0.2) is 0 Å². The van der Waals surface area contributed by atoms with E-state index in [1.54, 1.807) is 0 Å². The quantitative estimate of drug-likeness (QED) is 0.746. The molecule has 0 saturated carbocycles. The van der Waals surface area contributed by atoms with Gasteiger partial charge in [0.2, 0.25) is 0 Å². The first-order chi connectivity index (χ1) is 8.50. The van der Waals surface area contributed by atoms with E-state index in [9.17, 15) is 5.11 Å². The third-order valence-electron chi connectivity index (χ3n) is 3.14. The summed E-state index contributed by atoms with van der Waals surface area (Å²) in [6.45, 7) is 9.62. The van der Waals surface area contributed by atoms with E-state index < -0.39 is 6.10 Å². The Hall–Kier alpha value is -0.860. The van der Waals surface area contributed by atoms with Gasteiger partial charge in [-0.3, -0.25) is 0 Å². The molecule has 102 valence electrons. The fourth-order valence-electron chi connectivity index (χ4n) is 2.00. The van der Waals surface area contributed by atoms with E-state index in [0.717, 1.165) is 30.1 Å². The molecule has 2 heteroatoms. The first kappa shape index (κ1) is 15.2. The van der Waals surface area contributed by atoms with Crippen LogP contribution in [0.5, 0.6) is 0 Å². The van der Waals surface area contributed by atoms with Crippen LogP contribution in [0.2, 0.25) is 0 Å². The van der Waals surface area contributed by atoms with Crippen molar-refractivity contribution in [3.8, 4) is 0 Å². The zero-order valence-corrected chi connectivity index (χ0v) is 12.1. The lowest BCUT2D eigenvalue weighted by atomic mass is 10.0. The Bertz CT molecular complexity index is 358. The van der Waals surface area contributed by atoms with Crippen molar-refractivity contribution in [2.75, 3.05) is 13.2 Å². The Morgan fingerprint density at radius 1 is 1.22 bits per heavy atom. The van der Waals surface area contributed by atoms with Crippen molar-refractivity contribution in [3.63, 3.8) is 0 Å². The fraction of sp³-hybridized carbons (Fsp3) is 0.625. The maximum absolute atomic E-state index is 10.1. The largest absolute Gasteiger partial charge is 0.386 e. The van der Waals surface area contributed by atoms with Gasteiger partial charge in [-0.15, -0.1) is 0 Å². The van der Waals surface area contributed by atoms with Gasteiger partial charge in [-0.2, -0.15) is 0 Å². The standard InChI is InChI=1S/C16H26O2/c1-12(2)6-5-9-18-11-16(17)15-10-13(3)7-8-14(15)4/h7-8,10,12,16-17H,5-6,9,11H2,1-4H3. The number of rotatable bonds is 7. The topological polar surface area (TPSA) is 29.5 Å². The first-order valence-corrected chi connectivity index (χ1v) is 6.83. The van der Waals surface area contributed by atoms with E-state index >= 15 is 0 Å². The van der Waals surface area contributed by atoms with Crippen LogP contribution in [0.3, 0.4) is 0 Å². The number of aliphatic hydroxyl groups is 1. The molecular weight excluding hydrogens is 224 g/mol. The second-order valence-electron chi connectivity index (χ2n) is 5.49. The summed E-state index contributed by atoms with van der Waals surface area (Å²) in [6.07, 6.45) is 1.74. The molecule has 1 unspecified atom stereocenters. The molecule has 0 radical (unpaired) electrons. The van der Waals surface area contributed by atoms with Crippen LogP contribution < -0.4 is 0 Å². The Morgan fingerprint density at radius 3 is 2.61 bits per heavy atom. The summed E-state index contributed by atoms with van der Waals surface area (Å²) in [7, 11) is 0. The van der Waals surface area contributed by atoms with Crippen LogP contribution in [0.4, 0.5) is 0 Å². The van der Waals surface area contributed by atoms with Crippen molar-refractivity contribution in [1.82, 2.24) is 0 Å². The minimum absolute atomic E-state index is 0.391. The molecule has 0 aliphatic rings. The highest BCUT2D eigenvalue weighted by Gasteiger charge is 2.10. The van der Waals surface area contributed by atoms with Crippen molar-refractivity contribution in [1.29, 1.82) is 0 Å². The predicted octanol–water partition coefficient (Wildman–Crippen LogP) is 3.79. The van der Waals surface area contributed by atoms with Crippen molar-refractivity contribution < 1.29 is 9.84 Å². The summed E-state index contributed by atoms with van der Waals surface area (Å²) in [5, 5.41) is 10.1. The summed E-state index contributed by atoms with van der Waals surface area (Å²) in [5.74, 6) is 0.720. The van der Waals surface area contributed by atoms with E-state index in [0.29, 0.717) is 6.61 Å². The van der Waals surface area contributed by atoms with Gasteiger partial charge in [0.1, 0.15) is 6.10 Å². The molecule has 0 aromatic heterocycles. The van der Waals surface area contributed by atoms with Crippen LogP contribution in [-0.4, -0.2) is 18.3 Å². The lowest BCUT2D eigenvalue weighted by molar-refractivity contribution is 0.0334. The average Bonchev–Trinajstić information content (AvgIpc) is 2.31. The summed E-state index contributed by atoms with van der Waals surface area (Å²) in [4.78, 5) is 0. The molecule has 0 fully saturated rings. The molecule has 2 nitrogen and oxygen atoms in total. The number of hydrogen-bond acceptors (Lipinski definition) is 2. The monoisotopic (exact) mass is 250 g/mol. The molecule has 1 atom stereocenters. The Balaban J connectivity index is 2.36. The minimum Gasteiger partial charge on any atom is -0.386 e. The lowest BCUT2D eigenvalue weighted by Gasteiger charge is -2.15. The maximum atomic E-state index is 10.1. The highest BCUT2D eigenvalue weighted by atomic mass is 16.5. The summed E-state index contributed by atoms with van der Waals surface area (Å²) >= 11 is 0. The molecule has 0 amide bonds. The van der Waals surface area contributed by atoms with Crippen LogP contribution in [0.15, 0.2) is 18.2 Å². The van der Waals surface area contributed by atoms with Crippen LogP contribution in [0.1, 0.15) is 49.5 Å². The smallest absolute Gasteiger partial charge is 0.103 e. The minimum atomic E-state index is -0.510. The van der Waals surface area contributed by atoms with Gasteiger partial charge in [0.15, 0.2) is 0 Å². The second kappa shape index (κ2) is 7.55. The zero-order valence-electron chi connectivity index (χ0n) is 12.1. The number of aliphatic hydroxyl groups excluding tert-OH is 1. The summed E-state index contributed by atoms with van der Waals surface area (Å²) in [5.41, 5.74) is 3.28. The van der Waals surface area contributed by atoms with Crippen LogP contribution in [-0.2, 0) is 4.74 Å². The first-order valence-electron chi connectivity index (χ1n) is 6.83. The highest BCUT2D eigenvalue weighted by molar-refractivity contribution is 5.32. The number of aryl methyl sites for hydroxylation is 2. The average molecular weight is 250 g/mol. The third-order valence-corrected chi connectivity index (χ3v) is 3.14. The second-order valence-corrected chi connectivity index (χ2v) is 5.49. The van der Waals surface area contributed by atoms with Crippen LogP contribution in [0, 0.1) is 19.8 Å². The highest BCUT2D eigenvalue weighted by Crippen LogP contribution is 2.19. The van der Waals surface area contributed by atoms with E-state index in [1.807, 2.05) is 26.0 Å². The summed E-state index contributed by atoms with van der Waals surface area (Å²) in [6, 6.07) is 6.15. The number of benzene rings is 1. The maximum Gasteiger partial charge on any atom is 0.103 e. The van der Waals surface area contributed by atoms with Gasteiger partial charge < -0.3 is 9.84 Å². The van der Waals surface area contributed by atoms with Crippen LogP contribution >= 0.6 is 0 Å². The zero-order chi connectivity index (χ0) is 13.5. The van der Waals surface area contributed by atoms with Crippen molar-refractivity contribution in [2.24, 2.45) is 5.92 Å². The molecule has 1 aromatic carbocycles. The van der Waals surface area contributed by atoms with Gasteiger partial charge in [-0.05, 0) is 43.7 Å². The molecule has 0 saturated heterocycles. The van der Waals surface area contributed by atoms with Crippen molar-refractivity contribution in [3.05, 3.63) is 34.9 Å². The molecule has 0 aliphatic carbocycles. The third kappa shape index (κ3) is 5.19. The molecule has 0 bridgehead atoms. The van der Waals surface area contributed by atoms with E-state index in [4.69, 9.17) is 4.74 Å². The van der Waals surface area contributed by atoms with E-state index in [-0.39, 0.29) is 0 Å². The SMILES string of the molecule is Cc1ccc(C)c(C(O)COCCCC(C)C)c1.